The van der Waals surface area contributed by atoms with E-state index in [4.69, 9.17) is 9.47 Å². The van der Waals surface area contributed by atoms with E-state index in [0.717, 1.165) is 0 Å². The van der Waals surface area contributed by atoms with Crippen molar-refractivity contribution in [3.8, 4) is 11.5 Å². The summed E-state index contributed by atoms with van der Waals surface area (Å²) in [6, 6.07) is 2.18. The lowest BCUT2D eigenvalue weighted by atomic mass is 9.95. The highest BCUT2D eigenvalue weighted by atomic mass is 127. The van der Waals surface area contributed by atoms with Gasteiger partial charge in [-0.05, 0) is 54.1 Å². The summed E-state index contributed by atoms with van der Waals surface area (Å²) in [5.41, 5.74) is 1.34. The van der Waals surface area contributed by atoms with Gasteiger partial charge in [0, 0.05) is 5.70 Å². The smallest absolute Gasteiger partial charge is 0.337 e. The number of ether oxygens (including phenoxy) is 2. The van der Waals surface area contributed by atoms with E-state index in [2.05, 4.69) is 10.6 Å². The van der Waals surface area contributed by atoms with E-state index in [0.29, 0.717) is 32.8 Å². The first-order chi connectivity index (χ1) is 10.9. The van der Waals surface area contributed by atoms with Gasteiger partial charge in [0.2, 0.25) is 0 Å². The maximum absolute atomic E-state index is 12.1. The number of allylic oxidation sites excluding steroid dienone is 1. The molecule has 0 aliphatic carbocycles. The number of halogens is 1. The van der Waals surface area contributed by atoms with Crippen LogP contribution >= 0.6 is 22.6 Å². The minimum absolute atomic E-state index is 0.0248. The molecule has 2 rings (SSSR count). The summed E-state index contributed by atoms with van der Waals surface area (Å²) in [4.78, 5) is 23.9. The fraction of sp³-hybridized carbons (Fsp3) is 0.333. The number of urea groups is 1. The van der Waals surface area contributed by atoms with Crippen molar-refractivity contribution in [1.29, 1.82) is 0 Å². The highest BCUT2D eigenvalue weighted by Gasteiger charge is 2.32. The standard InChI is InChI=1S/C15H17IN2O5/c1-4-23-10-6-8(5-9(16)13(10)19)12-11(14(20)22-3)7(2)17-15(21)18-12/h5-6,12,19H,4H2,1-3H3,(H2,17,18,21)/t12-/m0/s1. The molecule has 0 spiro atoms. The molecule has 0 aromatic heterocycles. The fourth-order valence-corrected chi connectivity index (χ4v) is 2.98. The predicted molar refractivity (Wildman–Crippen MR) is 91.1 cm³/mol. The predicted octanol–water partition coefficient (Wildman–Crippen LogP) is 2.20. The van der Waals surface area contributed by atoms with Crippen LogP contribution in [0.2, 0.25) is 0 Å². The van der Waals surface area contributed by atoms with Crippen molar-refractivity contribution in [3.05, 3.63) is 32.5 Å². The molecular formula is C15H17IN2O5. The Morgan fingerprint density at radius 3 is 2.74 bits per heavy atom. The summed E-state index contributed by atoms with van der Waals surface area (Å²) in [7, 11) is 1.28. The van der Waals surface area contributed by atoms with Crippen molar-refractivity contribution in [2.75, 3.05) is 13.7 Å². The van der Waals surface area contributed by atoms with Gasteiger partial charge in [-0.25, -0.2) is 9.59 Å². The van der Waals surface area contributed by atoms with Gasteiger partial charge in [-0.2, -0.15) is 0 Å². The van der Waals surface area contributed by atoms with Crippen LogP contribution in [0.1, 0.15) is 25.5 Å². The van der Waals surface area contributed by atoms with Crippen LogP contribution in [0.5, 0.6) is 11.5 Å². The average Bonchev–Trinajstić information content (AvgIpc) is 2.50. The second kappa shape index (κ2) is 7.07. The highest BCUT2D eigenvalue weighted by molar-refractivity contribution is 14.1. The average molecular weight is 432 g/mol. The second-order valence-corrected chi connectivity index (χ2v) is 6.01. The first-order valence-electron chi connectivity index (χ1n) is 6.90. The van der Waals surface area contributed by atoms with Crippen LogP contribution in [0.25, 0.3) is 0 Å². The number of amides is 2. The van der Waals surface area contributed by atoms with Crippen molar-refractivity contribution < 1.29 is 24.2 Å². The molecule has 0 fully saturated rings. The van der Waals surface area contributed by atoms with Gasteiger partial charge in [0.1, 0.15) is 0 Å². The van der Waals surface area contributed by atoms with Crippen LogP contribution < -0.4 is 15.4 Å². The Hall–Kier alpha value is -1.97. The third-order valence-corrected chi connectivity index (χ3v) is 4.18. The maximum Gasteiger partial charge on any atom is 0.337 e. The molecule has 1 aromatic rings. The van der Waals surface area contributed by atoms with Gasteiger partial charge in [0.15, 0.2) is 11.5 Å². The van der Waals surface area contributed by atoms with Gasteiger partial charge >= 0.3 is 12.0 Å². The molecule has 3 N–H and O–H groups in total. The highest BCUT2D eigenvalue weighted by Crippen LogP contribution is 2.37. The van der Waals surface area contributed by atoms with Crippen LogP contribution in [0.15, 0.2) is 23.4 Å². The largest absolute Gasteiger partial charge is 0.504 e. The van der Waals surface area contributed by atoms with Crippen molar-refractivity contribution in [2.45, 2.75) is 19.9 Å². The quantitative estimate of drug-likeness (QED) is 0.501. The van der Waals surface area contributed by atoms with Gasteiger partial charge in [0.05, 0.1) is 28.9 Å². The molecule has 1 aliphatic rings. The lowest BCUT2D eigenvalue weighted by Crippen LogP contribution is -2.45. The number of hydrogen-bond acceptors (Lipinski definition) is 5. The molecule has 0 unspecified atom stereocenters. The summed E-state index contributed by atoms with van der Waals surface area (Å²) in [5.74, 6) is -0.220. The number of carbonyl (C=O) groups is 2. The van der Waals surface area contributed by atoms with E-state index >= 15 is 0 Å². The minimum atomic E-state index is -0.690. The minimum Gasteiger partial charge on any atom is -0.504 e. The third-order valence-electron chi connectivity index (χ3n) is 3.36. The van der Waals surface area contributed by atoms with E-state index < -0.39 is 18.0 Å². The van der Waals surface area contributed by atoms with E-state index in [9.17, 15) is 14.7 Å². The summed E-state index contributed by atoms with van der Waals surface area (Å²) in [6.07, 6.45) is 0. The molecule has 2 amide bonds. The number of phenolic OH excluding ortho intramolecular Hbond substituents is 1. The molecule has 23 heavy (non-hydrogen) atoms. The molecule has 124 valence electrons. The number of methoxy groups -OCH3 is 1. The normalized spacial score (nSPS) is 17.4. The molecule has 0 saturated carbocycles. The van der Waals surface area contributed by atoms with Crippen molar-refractivity contribution in [2.24, 2.45) is 0 Å². The molecule has 0 bridgehead atoms. The molecule has 8 heteroatoms. The SMILES string of the molecule is CCOc1cc([C@@H]2NC(=O)NC(C)=C2C(=O)OC)cc(I)c1O. The summed E-state index contributed by atoms with van der Waals surface area (Å²) in [5, 5.41) is 15.3. The Labute approximate surface area is 147 Å². The monoisotopic (exact) mass is 432 g/mol. The number of hydrogen-bond donors (Lipinski definition) is 3. The lowest BCUT2D eigenvalue weighted by Gasteiger charge is -2.28. The number of carbonyl (C=O) groups excluding carboxylic acids is 2. The molecule has 0 radical (unpaired) electrons. The van der Waals surface area contributed by atoms with Gasteiger partial charge in [-0.1, -0.05) is 0 Å². The molecule has 0 saturated heterocycles. The van der Waals surface area contributed by atoms with Crippen LogP contribution in [0, 0.1) is 3.57 Å². The second-order valence-electron chi connectivity index (χ2n) is 4.84. The molecule has 1 atom stereocenters. The summed E-state index contributed by atoms with van der Waals surface area (Å²) >= 11 is 1.97. The molecule has 1 heterocycles. The van der Waals surface area contributed by atoms with E-state index in [1.165, 1.54) is 7.11 Å². The van der Waals surface area contributed by atoms with Crippen LogP contribution in [-0.4, -0.2) is 30.8 Å². The van der Waals surface area contributed by atoms with Crippen LogP contribution in [0.4, 0.5) is 4.79 Å². The number of aromatic hydroxyl groups is 1. The lowest BCUT2D eigenvalue weighted by molar-refractivity contribution is -0.136. The molecular weight excluding hydrogens is 415 g/mol. The fourth-order valence-electron chi connectivity index (χ4n) is 2.35. The first-order valence-corrected chi connectivity index (χ1v) is 7.98. The van der Waals surface area contributed by atoms with Crippen molar-refractivity contribution in [3.63, 3.8) is 0 Å². The van der Waals surface area contributed by atoms with Gasteiger partial charge in [0.25, 0.3) is 0 Å². The number of esters is 1. The zero-order chi connectivity index (χ0) is 17.1. The Morgan fingerprint density at radius 2 is 2.13 bits per heavy atom. The number of nitrogens with one attached hydrogen (secondary N) is 2. The molecule has 1 aliphatic heterocycles. The van der Waals surface area contributed by atoms with Crippen molar-refractivity contribution in [1.82, 2.24) is 10.6 Å². The van der Waals surface area contributed by atoms with Crippen LogP contribution in [-0.2, 0) is 9.53 Å². The van der Waals surface area contributed by atoms with Gasteiger partial charge in [-0.15, -0.1) is 0 Å². The Kier molecular flexibility index (Phi) is 5.34. The maximum atomic E-state index is 12.1. The van der Waals surface area contributed by atoms with Crippen molar-refractivity contribution >= 4 is 34.6 Å². The van der Waals surface area contributed by atoms with Crippen LogP contribution in [0.3, 0.4) is 0 Å². The van der Waals surface area contributed by atoms with E-state index in [-0.39, 0.29) is 5.75 Å². The van der Waals surface area contributed by atoms with Gasteiger partial charge in [-0.3, -0.25) is 0 Å². The van der Waals surface area contributed by atoms with E-state index in [1.54, 1.807) is 26.0 Å². The number of benzene rings is 1. The number of phenols is 1. The van der Waals surface area contributed by atoms with E-state index in [1.807, 2.05) is 22.6 Å². The Bertz CT molecular complexity index is 687. The Balaban J connectivity index is 2.56. The summed E-state index contributed by atoms with van der Waals surface area (Å²) < 4.78 is 10.8. The first kappa shape index (κ1) is 17.4. The number of rotatable bonds is 4. The zero-order valence-corrected chi connectivity index (χ0v) is 15.1. The van der Waals surface area contributed by atoms with Gasteiger partial charge < -0.3 is 25.2 Å². The zero-order valence-electron chi connectivity index (χ0n) is 12.9. The topological polar surface area (TPSA) is 96.9 Å². The Morgan fingerprint density at radius 1 is 1.43 bits per heavy atom. The third kappa shape index (κ3) is 3.52. The molecule has 7 nitrogen and oxygen atoms in total. The molecule has 1 aromatic carbocycles. The summed E-state index contributed by atoms with van der Waals surface area (Å²) in [6.45, 7) is 3.81.